The Morgan fingerprint density at radius 1 is 1.29 bits per heavy atom. The normalized spacial score (nSPS) is 14.8. The fraction of sp³-hybridized carbons (Fsp3) is 0.438. The van der Waals surface area contributed by atoms with E-state index in [9.17, 15) is 0 Å². The van der Waals surface area contributed by atoms with Crippen LogP contribution in [0.5, 0.6) is 0 Å². The first-order valence-corrected chi connectivity index (χ1v) is 7.69. The third-order valence-corrected chi connectivity index (χ3v) is 3.94. The topological polar surface area (TPSA) is 49.5 Å². The molecule has 0 amide bonds. The van der Waals surface area contributed by atoms with E-state index < -0.39 is 0 Å². The number of nitrogens with zero attached hydrogens (tertiary/aromatic N) is 2. The van der Waals surface area contributed by atoms with Gasteiger partial charge in [0.2, 0.25) is 5.89 Å². The molecule has 4 nitrogen and oxygen atoms in total. The first-order chi connectivity index (χ1) is 10.3. The van der Waals surface area contributed by atoms with Crippen molar-refractivity contribution in [1.29, 1.82) is 0 Å². The zero-order valence-electron chi connectivity index (χ0n) is 11.8. The van der Waals surface area contributed by atoms with Crippen molar-refractivity contribution in [3.63, 3.8) is 0 Å². The number of rotatable bonds is 7. The fourth-order valence-electron chi connectivity index (χ4n) is 2.41. The van der Waals surface area contributed by atoms with Crippen molar-refractivity contribution in [2.24, 2.45) is 0 Å². The molecule has 0 atom stereocenters. The van der Waals surface area contributed by atoms with Gasteiger partial charge in [-0.25, -0.2) is 4.98 Å². The second kappa shape index (κ2) is 6.60. The van der Waals surface area contributed by atoms with Gasteiger partial charge in [-0.1, -0.05) is 11.6 Å². The molecule has 0 spiro atoms. The maximum Gasteiger partial charge on any atom is 0.209 e. The van der Waals surface area contributed by atoms with Crippen molar-refractivity contribution in [2.75, 3.05) is 13.2 Å². The molecule has 1 aromatic heterocycles. The SMILES string of the molecule is OCCCN(Cc1ncc(-c2ccc(Cl)cc2)o1)C1CC1. The molecule has 1 N–H and O–H groups in total. The van der Waals surface area contributed by atoms with Gasteiger partial charge in [-0.3, -0.25) is 4.90 Å². The van der Waals surface area contributed by atoms with E-state index in [0.717, 1.165) is 30.2 Å². The summed E-state index contributed by atoms with van der Waals surface area (Å²) in [5, 5.41) is 9.69. The lowest BCUT2D eigenvalue weighted by Gasteiger charge is -2.19. The molecule has 1 aliphatic rings. The number of hydrogen-bond acceptors (Lipinski definition) is 4. The summed E-state index contributed by atoms with van der Waals surface area (Å²) in [7, 11) is 0. The Morgan fingerprint density at radius 3 is 2.71 bits per heavy atom. The number of halogens is 1. The van der Waals surface area contributed by atoms with Gasteiger partial charge >= 0.3 is 0 Å². The Hall–Kier alpha value is -1.36. The molecule has 1 saturated carbocycles. The molecule has 0 bridgehead atoms. The van der Waals surface area contributed by atoms with Gasteiger partial charge in [-0.15, -0.1) is 0 Å². The lowest BCUT2D eigenvalue weighted by atomic mass is 10.2. The predicted molar refractivity (Wildman–Crippen MR) is 82.1 cm³/mol. The maximum atomic E-state index is 8.98. The van der Waals surface area contributed by atoms with Gasteiger partial charge in [-0.2, -0.15) is 0 Å². The molecule has 0 radical (unpaired) electrons. The van der Waals surface area contributed by atoms with E-state index in [4.69, 9.17) is 21.1 Å². The first kappa shape index (κ1) is 14.6. The second-order valence-corrected chi connectivity index (χ2v) is 5.84. The minimum atomic E-state index is 0.227. The van der Waals surface area contributed by atoms with Gasteiger partial charge in [-0.05, 0) is 43.5 Å². The van der Waals surface area contributed by atoms with E-state index in [1.165, 1.54) is 12.8 Å². The fourth-order valence-corrected chi connectivity index (χ4v) is 2.53. The van der Waals surface area contributed by atoms with Gasteiger partial charge in [0.15, 0.2) is 5.76 Å². The third kappa shape index (κ3) is 3.84. The van der Waals surface area contributed by atoms with Crippen LogP contribution in [0.15, 0.2) is 34.9 Å². The minimum absolute atomic E-state index is 0.227. The van der Waals surface area contributed by atoms with Crippen LogP contribution in [0.1, 0.15) is 25.2 Å². The quantitative estimate of drug-likeness (QED) is 0.852. The molecule has 21 heavy (non-hydrogen) atoms. The summed E-state index contributed by atoms with van der Waals surface area (Å²) >= 11 is 5.89. The molecule has 1 heterocycles. The van der Waals surface area contributed by atoms with Crippen LogP contribution in [0, 0.1) is 0 Å². The second-order valence-electron chi connectivity index (χ2n) is 5.40. The van der Waals surface area contributed by atoms with E-state index in [0.29, 0.717) is 17.6 Å². The highest BCUT2D eigenvalue weighted by molar-refractivity contribution is 6.30. The minimum Gasteiger partial charge on any atom is -0.439 e. The molecule has 1 fully saturated rings. The highest BCUT2D eigenvalue weighted by atomic mass is 35.5. The van der Waals surface area contributed by atoms with Gasteiger partial charge in [0.05, 0.1) is 12.7 Å². The number of hydrogen-bond donors (Lipinski definition) is 1. The van der Waals surface area contributed by atoms with Crippen LogP contribution < -0.4 is 0 Å². The Kier molecular flexibility index (Phi) is 4.58. The molecular formula is C16H19ClN2O2. The van der Waals surface area contributed by atoms with Crippen LogP contribution in [0.4, 0.5) is 0 Å². The maximum absolute atomic E-state index is 8.98. The van der Waals surface area contributed by atoms with Crippen molar-refractivity contribution in [2.45, 2.75) is 31.8 Å². The summed E-state index contributed by atoms with van der Waals surface area (Å²) in [5.74, 6) is 1.49. The van der Waals surface area contributed by atoms with Crippen molar-refractivity contribution in [3.05, 3.63) is 41.4 Å². The standard InChI is InChI=1S/C16H19ClN2O2/c17-13-4-2-12(3-5-13)15-10-18-16(21-15)11-19(8-1-9-20)14-6-7-14/h2-5,10,14,20H,1,6-9,11H2. The van der Waals surface area contributed by atoms with Crippen LogP contribution in [-0.2, 0) is 6.54 Å². The number of aliphatic hydroxyl groups is 1. The summed E-state index contributed by atoms with van der Waals surface area (Å²) < 4.78 is 5.84. The molecule has 0 saturated heterocycles. The smallest absolute Gasteiger partial charge is 0.209 e. The van der Waals surface area contributed by atoms with Crippen LogP contribution in [0.2, 0.25) is 5.02 Å². The van der Waals surface area contributed by atoms with Gasteiger partial charge < -0.3 is 9.52 Å². The first-order valence-electron chi connectivity index (χ1n) is 7.32. The highest BCUT2D eigenvalue weighted by Crippen LogP contribution is 2.29. The van der Waals surface area contributed by atoms with E-state index in [-0.39, 0.29) is 6.61 Å². The molecule has 112 valence electrons. The van der Waals surface area contributed by atoms with Gasteiger partial charge in [0.1, 0.15) is 0 Å². The predicted octanol–water partition coefficient (Wildman–Crippen LogP) is 3.34. The largest absolute Gasteiger partial charge is 0.439 e. The molecule has 1 aromatic carbocycles. The number of aromatic nitrogens is 1. The summed E-state index contributed by atoms with van der Waals surface area (Å²) in [6.45, 7) is 1.82. The molecular weight excluding hydrogens is 288 g/mol. The summed E-state index contributed by atoms with van der Waals surface area (Å²) in [5.41, 5.74) is 0.978. The molecule has 5 heteroatoms. The monoisotopic (exact) mass is 306 g/mol. The van der Waals surface area contributed by atoms with Crippen molar-refractivity contribution in [3.8, 4) is 11.3 Å². The zero-order valence-corrected chi connectivity index (χ0v) is 12.6. The van der Waals surface area contributed by atoms with E-state index in [2.05, 4.69) is 9.88 Å². The zero-order chi connectivity index (χ0) is 14.7. The van der Waals surface area contributed by atoms with Crippen molar-refractivity contribution < 1.29 is 9.52 Å². The Morgan fingerprint density at radius 2 is 2.05 bits per heavy atom. The number of benzene rings is 1. The summed E-state index contributed by atoms with van der Waals surface area (Å²) in [6, 6.07) is 8.17. The van der Waals surface area contributed by atoms with Gasteiger partial charge in [0, 0.05) is 29.8 Å². The average molecular weight is 307 g/mol. The Labute approximate surface area is 129 Å². The number of oxazole rings is 1. The molecule has 1 aliphatic carbocycles. The molecule has 0 unspecified atom stereocenters. The van der Waals surface area contributed by atoms with E-state index in [1.54, 1.807) is 6.20 Å². The average Bonchev–Trinajstić information content (AvgIpc) is 3.24. The Balaban J connectivity index is 1.67. The lowest BCUT2D eigenvalue weighted by Crippen LogP contribution is -2.27. The van der Waals surface area contributed by atoms with Crippen LogP contribution in [0.25, 0.3) is 11.3 Å². The Bertz CT molecular complexity index is 578. The molecule has 2 aromatic rings. The van der Waals surface area contributed by atoms with E-state index >= 15 is 0 Å². The van der Waals surface area contributed by atoms with Crippen LogP contribution in [0.3, 0.4) is 0 Å². The summed E-state index contributed by atoms with van der Waals surface area (Å²) in [4.78, 5) is 6.71. The van der Waals surface area contributed by atoms with Crippen molar-refractivity contribution >= 4 is 11.6 Å². The van der Waals surface area contributed by atoms with Crippen LogP contribution in [-0.4, -0.2) is 34.2 Å². The summed E-state index contributed by atoms with van der Waals surface area (Å²) in [6.07, 6.45) is 5.02. The number of aliphatic hydroxyl groups excluding tert-OH is 1. The van der Waals surface area contributed by atoms with Crippen LogP contribution >= 0.6 is 11.6 Å². The molecule has 3 rings (SSSR count). The van der Waals surface area contributed by atoms with E-state index in [1.807, 2.05) is 24.3 Å². The molecule has 0 aliphatic heterocycles. The van der Waals surface area contributed by atoms with Gasteiger partial charge in [0.25, 0.3) is 0 Å². The van der Waals surface area contributed by atoms with Crippen molar-refractivity contribution in [1.82, 2.24) is 9.88 Å². The third-order valence-electron chi connectivity index (χ3n) is 3.69. The highest BCUT2D eigenvalue weighted by Gasteiger charge is 2.29. The lowest BCUT2D eigenvalue weighted by molar-refractivity contribution is 0.198.